The van der Waals surface area contributed by atoms with Crippen molar-refractivity contribution >= 4 is 11.5 Å². The number of nitrogen functional groups attached to an aromatic ring is 1. The fourth-order valence-electron chi connectivity index (χ4n) is 2.01. The van der Waals surface area contributed by atoms with Crippen molar-refractivity contribution in [2.24, 2.45) is 5.73 Å². The van der Waals surface area contributed by atoms with E-state index in [9.17, 15) is 0 Å². The Bertz CT molecular complexity index is 396. The van der Waals surface area contributed by atoms with Crippen LogP contribution in [-0.2, 0) is 0 Å². The Hall–Kier alpha value is -1.51. The van der Waals surface area contributed by atoms with E-state index >= 15 is 0 Å². The van der Waals surface area contributed by atoms with E-state index in [2.05, 4.69) is 37.8 Å². The molecule has 0 aliphatic heterocycles. The van der Waals surface area contributed by atoms with Crippen LogP contribution in [-0.4, -0.2) is 18.4 Å². The molecular formula is C14H23N3. The second-order valence-electron chi connectivity index (χ2n) is 4.72. The molecule has 0 aliphatic carbocycles. The van der Waals surface area contributed by atoms with E-state index < -0.39 is 0 Å². The third-order valence-corrected chi connectivity index (χ3v) is 2.84. The molecule has 0 spiro atoms. The third kappa shape index (κ3) is 3.22. The monoisotopic (exact) mass is 233 g/mol. The molecule has 0 amide bonds. The number of aryl methyl sites for hydroxylation is 1. The average Bonchev–Trinajstić information content (AvgIpc) is 2.26. The molecule has 0 fully saturated rings. The van der Waals surface area contributed by atoms with E-state index in [1.807, 2.05) is 13.0 Å². The quantitative estimate of drug-likeness (QED) is 0.607. The lowest BCUT2D eigenvalue weighted by molar-refractivity contribution is 0.670. The van der Waals surface area contributed by atoms with E-state index in [0.29, 0.717) is 6.04 Å². The lowest BCUT2D eigenvalue weighted by Crippen LogP contribution is -2.33. The summed E-state index contributed by atoms with van der Waals surface area (Å²) < 4.78 is 0. The second kappa shape index (κ2) is 5.71. The molecule has 17 heavy (non-hydrogen) atoms. The van der Waals surface area contributed by atoms with Crippen molar-refractivity contribution < 1.29 is 0 Å². The summed E-state index contributed by atoms with van der Waals surface area (Å²) in [4.78, 5) is 2.30. The van der Waals surface area contributed by atoms with Crippen molar-refractivity contribution in [3.8, 4) is 0 Å². The van der Waals surface area contributed by atoms with Crippen LogP contribution in [0.2, 0.25) is 0 Å². The van der Waals surface area contributed by atoms with Gasteiger partial charge < -0.3 is 10.6 Å². The van der Waals surface area contributed by atoms with Crippen LogP contribution in [0.1, 0.15) is 38.3 Å². The molecule has 0 heterocycles. The number of rotatable bonds is 5. The zero-order valence-electron chi connectivity index (χ0n) is 11.2. The number of nitrogens with two attached hydrogens (primary N) is 1. The lowest BCUT2D eigenvalue weighted by atomic mass is 10.1. The minimum absolute atomic E-state index is 0.144. The summed E-state index contributed by atoms with van der Waals surface area (Å²) in [5.41, 5.74) is 8.72. The van der Waals surface area contributed by atoms with Crippen molar-refractivity contribution in [2.75, 3.05) is 11.4 Å². The van der Waals surface area contributed by atoms with Crippen LogP contribution in [0, 0.1) is 12.3 Å². The number of nitrogens with zero attached hydrogens (tertiary/aromatic N) is 1. The number of benzene rings is 1. The number of hydrogen-bond acceptors (Lipinski definition) is 2. The first-order valence-corrected chi connectivity index (χ1v) is 6.19. The number of amidine groups is 1. The molecule has 1 rings (SSSR count). The highest BCUT2D eigenvalue weighted by Crippen LogP contribution is 2.23. The molecule has 0 saturated heterocycles. The second-order valence-corrected chi connectivity index (χ2v) is 4.72. The first-order valence-electron chi connectivity index (χ1n) is 6.19. The Morgan fingerprint density at radius 3 is 2.53 bits per heavy atom. The van der Waals surface area contributed by atoms with Gasteiger partial charge in [0.05, 0.1) is 0 Å². The van der Waals surface area contributed by atoms with Crippen molar-refractivity contribution in [3.63, 3.8) is 0 Å². The SMILES string of the molecule is CCCN(c1ccc(C)cc1C(=N)N)C(C)C. The number of hydrogen-bond donors (Lipinski definition) is 2. The molecule has 0 radical (unpaired) electrons. The van der Waals surface area contributed by atoms with Crippen molar-refractivity contribution in [1.29, 1.82) is 5.41 Å². The van der Waals surface area contributed by atoms with Gasteiger partial charge in [-0.05, 0) is 39.3 Å². The van der Waals surface area contributed by atoms with Crippen LogP contribution in [0.15, 0.2) is 18.2 Å². The molecule has 0 aliphatic rings. The molecule has 3 heteroatoms. The van der Waals surface area contributed by atoms with Gasteiger partial charge in [0.15, 0.2) is 0 Å². The normalized spacial score (nSPS) is 10.6. The highest BCUT2D eigenvalue weighted by Gasteiger charge is 2.15. The fourth-order valence-corrected chi connectivity index (χ4v) is 2.01. The lowest BCUT2D eigenvalue weighted by Gasteiger charge is -2.30. The van der Waals surface area contributed by atoms with Crippen molar-refractivity contribution in [3.05, 3.63) is 29.3 Å². The first kappa shape index (κ1) is 13.6. The first-order chi connectivity index (χ1) is 7.97. The Kier molecular flexibility index (Phi) is 4.55. The maximum Gasteiger partial charge on any atom is 0.124 e. The van der Waals surface area contributed by atoms with E-state index in [1.54, 1.807) is 0 Å². The summed E-state index contributed by atoms with van der Waals surface area (Å²) in [5, 5.41) is 7.69. The van der Waals surface area contributed by atoms with E-state index in [4.69, 9.17) is 11.1 Å². The summed E-state index contributed by atoms with van der Waals surface area (Å²) in [6.45, 7) is 9.51. The summed E-state index contributed by atoms with van der Waals surface area (Å²) in [6, 6.07) is 6.55. The van der Waals surface area contributed by atoms with E-state index in [0.717, 1.165) is 29.8 Å². The molecule has 1 aromatic rings. The summed E-state index contributed by atoms with van der Waals surface area (Å²) >= 11 is 0. The predicted octanol–water partition coefficient (Wildman–Crippen LogP) is 2.90. The maximum absolute atomic E-state index is 7.69. The van der Waals surface area contributed by atoms with Crippen molar-refractivity contribution in [2.45, 2.75) is 40.2 Å². The summed E-state index contributed by atoms with van der Waals surface area (Å²) in [7, 11) is 0. The molecule has 3 N–H and O–H groups in total. The van der Waals surface area contributed by atoms with Gasteiger partial charge in [-0.1, -0.05) is 18.6 Å². The predicted molar refractivity (Wildman–Crippen MR) is 75.0 cm³/mol. The highest BCUT2D eigenvalue weighted by molar-refractivity contribution is 6.00. The molecular weight excluding hydrogens is 210 g/mol. The molecule has 3 nitrogen and oxygen atoms in total. The minimum atomic E-state index is 0.144. The standard InChI is InChI=1S/C14H23N3/c1-5-8-17(10(2)3)13-7-6-11(4)9-12(13)14(15)16/h6-7,9-10H,5,8H2,1-4H3,(H3,15,16). The topological polar surface area (TPSA) is 53.1 Å². The van der Waals surface area contributed by atoms with Crippen LogP contribution in [0.5, 0.6) is 0 Å². The Balaban J connectivity index is 3.22. The van der Waals surface area contributed by atoms with Gasteiger partial charge in [-0.2, -0.15) is 0 Å². The van der Waals surface area contributed by atoms with Gasteiger partial charge in [-0.25, -0.2) is 0 Å². The fraction of sp³-hybridized carbons (Fsp3) is 0.500. The van der Waals surface area contributed by atoms with Gasteiger partial charge in [0, 0.05) is 23.8 Å². The highest BCUT2D eigenvalue weighted by atomic mass is 15.2. The molecule has 0 saturated carbocycles. The van der Waals surface area contributed by atoms with Gasteiger partial charge >= 0.3 is 0 Å². The largest absolute Gasteiger partial charge is 0.384 e. The van der Waals surface area contributed by atoms with Gasteiger partial charge in [0.1, 0.15) is 5.84 Å². The van der Waals surface area contributed by atoms with Crippen molar-refractivity contribution in [1.82, 2.24) is 0 Å². The van der Waals surface area contributed by atoms with E-state index in [-0.39, 0.29) is 5.84 Å². The summed E-state index contributed by atoms with van der Waals surface area (Å²) in [5.74, 6) is 0.144. The molecule has 94 valence electrons. The Labute approximate surface area is 104 Å². The third-order valence-electron chi connectivity index (χ3n) is 2.84. The van der Waals surface area contributed by atoms with Gasteiger partial charge in [0.25, 0.3) is 0 Å². The number of anilines is 1. The molecule has 0 unspecified atom stereocenters. The molecule has 1 aromatic carbocycles. The molecule has 0 atom stereocenters. The van der Waals surface area contributed by atoms with Crippen LogP contribution in [0.4, 0.5) is 5.69 Å². The maximum atomic E-state index is 7.69. The zero-order chi connectivity index (χ0) is 13.0. The van der Waals surface area contributed by atoms with Gasteiger partial charge in [0.2, 0.25) is 0 Å². The Morgan fingerprint density at radius 2 is 2.06 bits per heavy atom. The van der Waals surface area contributed by atoms with E-state index in [1.165, 1.54) is 0 Å². The van der Waals surface area contributed by atoms with Crippen LogP contribution < -0.4 is 10.6 Å². The minimum Gasteiger partial charge on any atom is -0.384 e. The van der Waals surface area contributed by atoms with Gasteiger partial charge in [-0.15, -0.1) is 0 Å². The van der Waals surface area contributed by atoms with Crippen LogP contribution in [0.3, 0.4) is 0 Å². The molecule has 0 aromatic heterocycles. The molecule has 0 bridgehead atoms. The number of nitrogens with one attached hydrogen (secondary N) is 1. The van der Waals surface area contributed by atoms with Gasteiger partial charge in [-0.3, -0.25) is 5.41 Å². The zero-order valence-corrected chi connectivity index (χ0v) is 11.2. The smallest absolute Gasteiger partial charge is 0.124 e. The average molecular weight is 233 g/mol. The Morgan fingerprint density at radius 1 is 1.41 bits per heavy atom. The van der Waals surface area contributed by atoms with Crippen LogP contribution in [0.25, 0.3) is 0 Å². The summed E-state index contributed by atoms with van der Waals surface area (Å²) in [6.07, 6.45) is 1.09. The van der Waals surface area contributed by atoms with Crippen LogP contribution >= 0.6 is 0 Å².